The van der Waals surface area contributed by atoms with Gasteiger partial charge in [0.25, 0.3) is 0 Å². The van der Waals surface area contributed by atoms with E-state index in [0.29, 0.717) is 18.9 Å². The molecule has 0 aromatic heterocycles. The van der Waals surface area contributed by atoms with E-state index in [2.05, 4.69) is 18.7 Å². The molecule has 0 spiro atoms. The van der Waals surface area contributed by atoms with Gasteiger partial charge in [-0.05, 0) is 25.2 Å². The van der Waals surface area contributed by atoms with Gasteiger partial charge in [0.2, 0.25) is 0 Å². The van der Waals surface area contributed by atoms with Gasteiger partial charge >= 0.3 is 5.97 Å². The highest BCUT2D eigenvalue weighted by atomic mass is 16.5. The van der Waals surface area contributed by atoms with Crippen LogP contribution >= 0.6 is 0 Å². The van der Waals surface area contributed by atoms with Crippen molar-refractivity contribution in [3.8, 4) is 11.5 Å². The lowest BCUT2D eigenvalue weighted by Crippen LogP contribution is -2.27. The van der Waals surface area contributed by atoms with E-state index >= 15 is 0 Å². The number of carbonyl (C=O) groups excluding carboxylic acids is 1. The van der Waals surface area contributed by atoms with Crippen molar-refractivity contribution in [2.75, 3.05) is 33.4 Å². The van der Waals surface area contributed by atoms with Crippen LogP contribution in [0, 0.1) is 0 Å². The fraction of sp³-hybridized carbons (Fsp3) is 0.500. The molecule has 19 heavy (non-hydrogen) atoms. The van der Waals surface area contributed by atoms with Gasteiger partial charge in [-0.15, -0.1) is 0 Å². The Morgan fingerprint density at radius 2 is 2.00 bits per heavy atom. The predicted octanol–water partition coefficient (Wildman–Crippen LogP) is 1.90. The molecular weight excluding hydrogens is 246 g/mol. The number of phenols is 1. The molecule has 5 nitrogen and oxygen atoms in total. The maximum atomic E-state index is 11.8. The molecule has 1 aromatic rings. The number of ether oxygens (including phenoxy) is 2. The van der Waals surface area contributed by atoms with E-state index in [1.54, 1.807) is 6.07 Å². The van der Waals surface area contributed by atoms with Crippen LogP contribution < -0.4 is 4.74 Å². The van der Waals surface area contributed by atoms with Gasteiger partial charge in [-0.3, -0.25) is 0 Å². The van der Waals surface area contributed by atoms with Crippen molar-refractivity contribution in [2.24, 2.45) is 0 Å². The Morgan fingerprint density at radius 1 is 1.32 bits per heavy atom. The zero-order valence-corrected chi connectivity index (χ0v) is 11.7. The van der Waals surface area contributed by atoms with Crippen molar-refractivity contribution >= 4 is 5.97 Å². The molecule has 0 heterocycles. The molecule has 0 unspecified atom stereocenters. The van der Waals surface area contributed by atoms with Crippen molar-refractivity contribution in [1.29, 1.82) is 0 Å². The van der Waals surface area contributed by atoms with Crippen molar-refractivity contribution in [1.82, 2.24) is 4.90 Å². The van der Waals surface area contributed by atoms with Crippen molar-refractivity contribution < 1.29 is 19.4 Å². The average molecular weight is 267 g/mol. The Kier molecular flexibility index (Phi) is 6.15. The van der Waals surface area contributed by atoms with E-state index < -0.39 is 5.97 Å². The molecule has 5 heteroatoms. The van der Waals surface area contributed by atoms with Crippen LogP contribution in [0.5, 0.6) is 11.5 Å². The SMILES string of the molecule is CCN(CC)CCOC(=O)c1ccc(OC)cc1O. The third-order valence-electron chi connectivity index (χ3n) is 2.96. The summed E-state index contributed by atoms with van der Waals surface area (Å²) < 4.78 is 10.1. The van der Waals surface area contributed by atoms with Gasteiger partial charge in [-0.2, -0.15) is 0 Å². The molecule has 0 aliphatic rings. The number of nitrogens with zero attached hydrogens (tertiary/aromatic N) is 1. The first-order valence-electron chi connectivity index (χ1n) is 6.38. The number of aromatic hydroxyl groups is 1. The normalized spacial score (nSPS) is 10.5. The van der Waals surface area contributed by atoms with Crippen molar-refractivity contribution in [2.45, 2.75) is 13.8 Å². The van der Waals surface area contributed by atoms with Crippen LogP contribution in [0.1, 0.15) is 24.2 Å². The number of hydrogen-bond acceptors (Lipinski definition) is 5. The van der Waals surface area contributed by atoms with Gasteiger partial charge in [0.05, 0.1) is 7.11 Å². The van der Waals surface area contributed by atoms with Crippen LogP contribution in [-0.4, -0.2) is 49.3 Å². The summed E-state index contributed by atoms with van der Waals surface area (Å²) in [6.07, 6.45) is 0. The minimum atomic E-state index is -0.521. The Bertz CT molecular complexity index is 416. The average Bonchev–Trinajstić information content (AvgIpc) is 2.43. The Hall–Kier alpha value is -1.75. The standard InChI is InChI=1S/C14H21NO4/c1-4-15(5-2)8-9-19-14(17)12-7-6-11(18-3)10-13(12)16/h6-7,10,16H,4-5,8-9H2,1-3H3. The van der Waals surface area contributed by atoms with E-state index in [-0.39, 0.29) is 11.3 Å². The zero-order chi connectivity index (χ0) is 14.3. The smallest absolute Gasteiger partial charge is 0.341 e. The molecule has 1 N–H and O–H groups in total. The molecule has 1 rings (SSSR count). The van der Waals surface area contributed by atoms with Crippen molar-refractivity contribution in [3.63, 3.8) is 0 Å². The Balaban J connectivity index is 2.54. The minimum Gasteiger partial charge on any atom is -0.507 e. The van der Waals surface area contributed by atoms with Gasteiger partial charge in [-0.25, -0.2) is 4.79 Å². The summed E-state index contributed by atoms with van der Waals surface area (Å²) in [7, 11) is 1.50. The fourth-order valence-corrected chi connectivity index (χ4v) is 1.70. The topological polar surface area (TPSA) is 59.0 Å². The Labute approximate surface area is 113 Å². The fourth-order valence-electron chi connectivity index (χ4n) is 1.70. The summed E-state index contributed by atoms with van der Waals surface area (Å²) in [5.74, 6) is -0.156. The molecule has 0 bridgehead atoms. The molecule has 1 aromatic carbocycles. The first kappa shape index (κ1) is 15.3. The molecule has 0 atom stereocenters. The van der Waals surface area contributed by atoms with Crippen LogP contribution in [0.15, 0.2) is 18.2 Å². The summed E-state index contributed by atoms with van der Waals surface area (Å²) in [5, 5.41) is 9.70. The number of carbonyl (C=O) groups is 1. The summed E-state index contributed by atoms with van der Waals surface area (Å²) in [4.78, 5) is 13.9. The molecule has 0 saturated heterocycles. The number of benzene rings is 1. The Morgan fingerprint density at radius 3 is 2.53 bits per heavy atom. The van der Waals surface area contributed by atoms with Crippen LogP contribution in [0.3, 0.4) is 0 Å². The van der Waals surface area contributed by atoms with Gasteiger partial charge in [-0.1, -0.05) is 13.8 Å². The molecule has 0 fully saturated rings. The molecule has 0 amide bonds. The van der Waals surface area contributed by atoms with Gasteiger partial charge < -0.3 is 19.5 Å². The lowest BCUT2D eigenvalue weighted by Gasteiger charge is -2.17. The van der Waals surface area contributed by atoms with Crippen LogP contribution in [-0.2, 0) is 4.74 Å². The van der Waals surface area contributed by atoms with Crippen molar-refractivity contribution in [3.05, 3.63) is 23.8 Å². The quantitative estimate of drug-likeness (QED) is 0.765. The second kappa shape index (κ2) is 7.63. The third-order valence-corrected chi connectivity index (χ3v) is 2.96. The van der Waals surface area contributed by atoms with Gasteiger partial charge in [0.15, 0.2) is 0 Å². The van der Waals surface area contributed by atoms with E-state index in [0.717, 1.165) is 13.1 Å². The van der Waals surface area contributed by atoms with Gasteiger partial charge in [0, 0.05) is 12.6 Å². The zero-order valence-electron chi connectivity index (χ0n) is 11.7. The number of likely N-dealkylation sites (N-methyl/N-ethyl adjacent to an activating group) is 1. The second-order valence-corrected chi connectivity index (χ2v) is 4.05. The predicted molar refractivity (Wildman–Crippen MR) is 72.7 cm³/mol. The molecule has 0 aliphatic carbocycles. The number of rotatable bonds is 7. The summed E-state index contributed by atoms with van der Waals surface area (Å²) in [6, 6.07) is 4.50. The summed E-state index contributed by atoms with van der Waals surface area (Å²) >= 11 is 0. The number of esters is 1. The first-order valence-corrected chi connectivity index (χ1v) is 6.38. The third kappa shape index (κ3) is 4.44. The highest BCUT2D eigenvalue weighted by Crippen LogP contribution is 2.23. The summed E-state index contributed by atoms with van der Waals surface area (Å²) in [6.45, 7) is 6.95. The maximum absolute atomic E-state index is 11.8. The molecule has 0 aliphatic heterocycles. The van der Waals surface area contributed by atoms with Crippen LogP contribution in [0.25, 0.3) is 0 Å². The van der Waals surface area contributed by atoms with E-state index in [4.69, 9.17) is 9.47 Å². The molecular formula is C14H21NO4. The summed E-state index contributed by atoms with van der Waals surface area (Å²) in [5.41, 5.74) is 0.153. The van der Waals surface area contributed by atoms with Crippen LogP contribution in [0.2, 0.25) is 0 Å². The highest BCUT2D eigenvalue weighted by Gasteiger charge is 2.13. The molecule has 0 radical (unpaired) electrons. The van der Waals surface area contributed by atoms with E-state index in [9.17, 15) is 9.90 Å². The van der Waals surface area contributed by atoms with E-state index in [1.807, 2.05) is 0 Å². The van der Waals surface area contributed by atoms with E-state index in [1.165, 1.54) is 19.2 Å². The molecule has 0 saturated carbocycles. The highest BCUT2D eigenvalue weighted by molar-refractivity contribution is 5.92. The van der Waals surface area contributed by atoms with Gasteiger partial charge in [0.1, 0.15) is 23.7 Å². The minimum absolute atomic E-state index is 0.132. The number of methoxy groups -OCH3 is 1. The largest absolute Gasteiger partial charge is 0.507 e. The maximum Gasteiger partial charge on any atom is 0.341 e. The lowest BCUT2D eigenvalue weighted by atomic mass is 10.2. The number of phenolic OH excluding ortho intramolecular Hbond substituents is 1. The lowest BCUT2D eigenvalue weighted by molar-refractivity contribution is 0.0463. The van der Waals surface area contributed by atoms with Crippen LogP contribution in [0.4, 0.5) is 0 Å². The first-order chi connectivity index (χ1) is 9.12. The molecule has 106 valence electrons. The monoisotopic (exact) mass is 267 g/mol. The number of hydrogen-bond donors (Lipinski definition) is 1. The second-order valence-electron chi connectivity index (χ2n) is 4.05.